The maximum absolute atomic E-state index is 14.0. The molecule has 0 saturated carbocycles. The summed E-state index contributed by atoms with van der Waals surface area (Å²) < 4.78 is 35.0. The summed E-state index contributed by atoms with van der Waals surface area (Å²) in [6.45, 7) is 5.89. The minimum absolute atomic E-state index is 0.0239. The SMILES string of the molecule is C=C(C(=O)OC)[C@@H]1N(S(=O)(=O)c2ccc(C)cc2)CC(I)=C(c2ccccc2)C12C=CC(=O)C=C2. The number of carbonyl (C=O) groups is 2. The maximum atomic E-state index is 14.0. The number of ether oxygens (including phenoxy) is 1. The highest BCUT2D eigenvalue weighted by Crippen LogP contribution is 2.53. The van der Waals surface area contributed by atoms with Crippen LogP contribution in [0.25, 0.3) is 5.57 Å². The Morgan fingerprint density at radius 3 is 2.26 bits per heavy atom. The molecule has 2 aromatic rings. The van der Waals surface area contributed by atoms with Crippen LogP contribution >= 0.6 is 22.6 Å². The summed E-state index contributed by atoms with van der Waals surface area (Å²) in [6, 6.07) is 15.0. The first-order valence-corrected chi connectivity index (χ1v) is 13.4. The number of benzene rings is 2. The van der Waals surface area contributed by atoms with Gasteiger partial charge in [-0.05, 0) is 64.9 Å². The van der Waals surface area contributed by atoms with Gasteiger partial charge < -0.3 is 4.74 Å². The van der Waals surface area contributed by atoms with Gasteiger partial charge in [0.25, 0.3) is 0 Å². The topological polar surface area (TPSA) is 80.8 Å². The van der Waals surface area contributed by atoms with E-state index < -0.39 is 27.4 Å². The van der Waals surface area contributed by atoms with Crippen LogP contribution in [0.4, 0.5) is 0 Å². The molecule has 1 spiro atoms. The molecular weight excluding hydrogens is 577 g/mol. The van der Waals surface area contributed by atoms with Gasteiger partial charge in [0.15, 0.2) is 5.78 Å². The summed E-state index contributed by atoms with van der Waals surface area (Å²) in [5.41, 5.74) is 1.41. The quantitative estimate of drug-likeness (QED) is 0.284. The van der Waals surface area contributed by atoms with Crippen LogP contribution in [-0.4, -0.2) is 44.2 Å². The molecule has 0 radical (unpaired) electrons. The molecule has 2 aromatic carbocycles. The van der Waals surface area contributed by atoms with Crippen molar-refractivity contribution in [1.29, 1.82) is 0 Å². The summed E-state index contributed by atoms with van der Waals surface area (Å²) in [5.74, 6) is -0.944. The molecule has 8 heteroatoms. The van der Waals surface area contributed by atoms with Gasteiger partial charge in [-0.3, -0.25) is 4.79 Å². The van der Waals surface area contributed by atoms with E-state index in [0.717, 1.165) is 20.3 Å². The summed E-state index contributed by atoms with van der Waals surface area (Å²) in [4.78, 5) is 25.1. The molecular formula is C27H24INO5S. The van der Waals surface area contributed by atoms with Crippen LogP contribution < -0.4 is 0 Å². The molecule has 0 saturated heterocycles. The summed E-state index contributed by atoms with van der Waals surface area (Å²) in [5, 5.41) is 0. The molecule has 1 aliphatic heterocycles. The van der Waals surface area contributed by atoms with Crippen molar-refractivity contribution >= 4 is 49.9 Å². The van der Waals surface area contributed by atoms with E-state index in [0.29, 0.717) is 0 Å². The van der Waals surface area contributed by atoms with Crippen molar-refractivity contribution < 1.29 is 22.7 Å². The van der Waals surface area contributed by atoms with Gasteiger partial charge in [-0.2, -0.15) is 4.31 Å². The van der Waals surface area contributed by atoms with Crippen molar-refractivity contribution in [1.82, 2.24) is 4.31 Å². The third-order valence-corrected chi connectivity index (χ3v) is 8.96. The normalized spacial score (nSPS) is 19.7. The fourth-order valence-corrected chi connectivity index (χ4v) is 7.61. The van der Waals surface area contributed by atoms with Crippen LogP contribution in [0.5, 0.6) is 0 Å². The largest absolute Gasteiger partial charge is 0.466 e. The van der Waals surface area contributed by atoms with Crippen molar-refractivity contribution in [2.24, 2.45) is 5.41 Å². The predicted octanol–water partition coefficient (Wildman–Crippen LogP) is 4.62. The molecule has 4 rings (SSSR count). The minimum atomic E-state index is -4.07. The van der Waals surface area contributed by atoms with E-state index >= 15 is 0 Å². The number of carbonyl (C=O) groups excluding carboxylic acids is 2. The number of hydrogen-bond acceptors (Lipinski definition) is 5. The van der Waals surface area contributed by atoms with E-state index in [9.17, 15) is 18.0 Å². The van der Waals surface area contributed by atoms with Crippen molar-refractivity contribution in [3.63, 3.8) is 0 Å². The second-order valence-electron chi connectivity index (χ2n) is 8.43. The zero-order valence-electron chi connectivity index (χ0n) is 19.3. The fraction of sp³-hybridized carbons (Fsp3) is 0.185. The Bertz CT molecular complexity index is 1370. The number of esters is 1. The standard InChI is InChI=1S/C27H24INO5S/c1-18-9-11-22(12-10-18)35(32,33)29-17-23(28)24(20-7-5-4-6-8-20)27(15-13-21(30)14-16-27)25(29)19(2)26(31)34-3/h4-16,25H,2,17H2,1,3H3/t25-/m0/s1. The van der Waals surface area contributed by atoms with E-state index in [2.05, 4.69) is 29.2 Å². The average molecular weight is 601 g/mol. The Morgan fingerprint density at radius 1 is 1.09 bits per heavy atom. The van der Waals surface area contributed by atoms with Gasteiger partial charge in [0.05, 0.1) is 23.5 Å². The van der Waals surface area contributed by atoms with E-state index in [1.165, 1.54) is 23.6 Å². The van der Waals surface area contributed by atoms with Crippen molar-refractivity contribution in [2.75, 3.05) is 13.7 Å². The number of allylic oxidation sites excluding steroid dienone is 2. The van der Waals surface area contributed by atoms with Crippen LogP contribution in [-0.2, 0) is 24.3 Å². The molecule has 0 aromatic heterocycles. The highest BCUT2D eigenvalue weighted by atomic mass is 127. The summed E-state index contributed by atoms with van der Waals surface area (Å²) in [7, 11) is -2.84. The molecule has 0 unspecified atom stereocenters. The molecule has 1 aliphatic carbocycles. The lowest BCUT2D eigenvalue weighted by Gasteiger charge is -2.48. The summed E-state index contributed by atoms with van der Waals surface area (Å²) in [6.07, 6.45) is 6.16. The van der Waals surface area contributed by atoms with Crippen LogP contribution in [0.1, 0.15) is 11.1 Å². The first kappa shape index (κ1) is 25.3. The zero-order chi connectivity index (χ0) is 25.4. The predicted molar refractivity (Wildman–Crippen MR) is 143 cm³/mol. The van der Waals surface area contributed by atoms with Crippen LogP contribution in [0.3, 0.4) is 0 Å². The Hall–Kier alpha value is -2.82. The molecule has 2 aliphatic rings. The second kappa shape index (κ2) is 9.67. The smallest absolute Gasteiger partial charge is 0.334 e. The van der Waals surface area contributed by atoms with E-state index in [4.69, 9.17) is 4.74 Å². The first-order valence-electron chi connectivity index (χ1n) is 10.8. The number of hydrogen-bond donors (Lipinski definition) is 0. The summed E-state index contributed by atoms with van der Waals surface area (Å²) >= 11 is 2.15. The third-order valence-electron chi connectivity index (χ3n) is 6.25. The molecule has 0 amide bonds. The molecule has 1 atom stereocenters. The van der Waals surface area contributed by atoms with E-state index in [-0.39, 0.29) is 22.8 Å². The maximum Gasteiger partial charge on any atom is 0.334 e. The lowest BCUT2D eigenvalue weighted by atomic mass is 9.65. The average Bonchev–Trinajstić information content (AvgIpc) is 2.85. The van der Waals surface area contributed by atoms with Gasteiger partial charge in [-0.25, -0.2) is 13.2 Å². The molecule has 35 heavy (non-hydrogen) atoms. The van der Waals surface area contributed by atoms with Gasteiger partial charge in [0.2, 0.25) is 10.0 Å². The lowest BCUT2D eigenvalue weighted by Crippen LogP contribution is -2.55. The number of sulfonamides is 1. The molecule has 0 N–H and O–H groups in total. The van der Waals surface area contributed by atoms with Gasteiger partial charge in [-0.15, -0.1) is 0 Å². The zero-order valence-corrected chi connectivity index (χ0v) is 22.2. The monoisotopic (exact) mass is 601 g/mol. The molecule has 0 fully saturated rings. The minimum Gasteiger partial charge on any atom is -0.466 e. The Morgan fingerprint density at radius 2 is 1.69 bits per heavy atom. The van der Waals surface area contributed by atoms with Crippen molar-refractivity contribution in [2.45, 2.75) is 17.9 Å². The number of ketones is 1. The number of halogens is 1. The van der Waals surface area contributed by atoms with Crippen molar-refractivity contribution in [3.05, 3.63) is 106 Å². The van der Waals surface area contributed by atoms with E-state index in [1.54, 1.807) is 36.4 Å². The van der Waals surface area contributed by atoms with Crippen LogP contribution in [0, 0.1) is 12.3 Å². The molecule has 180 valence electrons. The first-order chi connectivity index (χ1) is 16.6. The Labute approximate surface area is 218 Å². The van der Waals surface area contributed by atoms with Gasteiger partial charge >= 0.3 is 5.97 Å². The van der Waals surface area contributed by atoms with Gasteiger partial charge in [0.1, 0.15) is 0 Å². The number of nitrogens with zero attached hydrogens (tertiary/aromatic N) is 1. The number of methoxy groups -OCH3 is 1. The molecule has 6 nitrogen and oxygen atoms in total. The second-order valence-corrected chi connectivity index (χ2v) is 11.6. The molecule has 1 heterocycles. The fourth-order valence-electron chi connectivity index (χ4n) is 4.60. The van der Waals surface area contributed by atoms with E-state index in [1.807, 2.05) is 37.3 Å². The van der Waals surface area contributed by atoms with Crippen LogP contribution in [0.2, 0.25) is 0 Å². The van der Waals surface area contributed by atoms with Crippen molar-refractivity contribution in [3.8, 4) is 0 Å². The number of aryl methyl sites for hydroxylation is 1. The Kier molecular flexibility index (Phi) is 6.99. The lowest BCUT2D eigenvalue weighted by molar-refractivity contribution is -0.136. The highest BCUT2D eigenvalue weighted by molar-refractivity contribution is 14.1. The van der Waals surface area contributed by atoms with Gasteiger partial charge in [-0.1, -0.05) is 66.8 Å². The Balaban J connectivity index is 2.03. The van der Waals surface area contributed by atoms with Gasteiger partial charge in [0, 0.05) is 15.7 Å². The molecule has 0 bridgehead atoms. The highest BCUT2D eigenvalue weighted by Gasteiger charge is 2.53. The number of rotatable bonds is 5. The third kappa shape index (κ3) is 4.46. The van der Waals surface area contributed by atoms with Crippen LogP contribution in [0.15, 0.2) is 99.5 Å².